The van der Waals surface area contributed by atoms with Crippen LogP contribution in [0.1, 0.15) is 22.4 Å². The molecule has 0 amide bonds. The molecule has 1 aromatic heterocycles. The van der Waals surface area contributed by atoms with Crippen LogP contribution in [0.3, 0.4) is 0 Å². The molecule has 3 rings (SSSR count). The lowest BCUT2D eigenvalue weighted by Crippen LogP contribution is -1.99. The number of aryl methyl sites for hydroxylation is 2. The number of hydrogen-bond donors (Lipinski definition) is 1. The van der Waals surface area contributed by atoms with Crippen molar-refractivity contribution in [1.82, 2.24) is 9.66 Å². The molecule has 0 saturated heterocycles. The summed E-state index contributed by atoms with van der Waals surface area (Å²) in [6, 6.07) is 13.9. The van der Waals surface area contributed by atoms with E-state index in [0.717, 1.165) is 16.8 Å². The van der Waals surface area contributed by atoms with Gasteiger partial charge in [-0.2, -0.15) is 5.10 Å². The third-order valence-electron chi connectivity index (χ3n) is 3.87. The lowest BCUT2D eigenvalue weighted by molar-refractivity contribution is 0.284. The zero-order valence-electron chi connectivity index (χ0n) is 15.1. The average Bonchev–Trinajstić information content (AvgIpc) is 2.97. The zero-order chi connectivity index (χ0) is 18.5. The van der Waals surface area contributed by atoms with Crippen molar-refractivity contribution >= 4 is 12.2 Å². The molecule has 0 bridgehead atoms. The molecule has 0 radical (unpaired) electrons. The molecule has 0 aliphatic heterocycles. The number of ether oxygens (including phenoxy) is 2. The van der Waals surface area contributed by atoms with Crippen LogP contribution in [0.5, 0.6) is 11.5 Å². The van der Waals surface area contributed by atoms with Gasteiger partial charge in [0.1, 0.15) is 6.61 Å². The van der Waals surface area contributed by atoms with Crippen molar-refractivity contribution in [3.63, 3.8) is 0 Å². The first kappa shape index (κ1) is 17.5. The van der Waals surface area contributed by atoms with Crippen LogP contribution in [0.2, 0.25) is 0 Å². The Bertz CT molecular complexity index is 914. The van der Waals surface area contributed by atoms with E-state index in [2.05, 4.69) is 41.3 Å². The Balaban J connectivity index is 1.77. The molecule has 0 aliphatic rings. The van der Waals surface area contributed by atoms with Crippen LogP contribution in [-0.2, 0) is 6.61 Å². The normalized spacial score (nSPS) is 11.0. The molecule has 2 aromatic carbocycles. The second kappa shape index (κ2) is 7.74. The number of imidazole rings is 1. The molecule has 0 saturated carbocycles. The van der Waals surface area contributed by atoms with E-state index >= 15 is 0 Å². The SMILES string of the molecule is COc1ccc(C=Nn2cc(C)nc2N)cc1OCc1ccc(C)cc1. The number of benzene rings is 2. The topological polar surface area (TPSA) is 74.7 Å². The lowest BCUT2D eigenvalue weighted by atomic mass is 10.1. The number of aromatic nitrogens is 2. The summed E-state index contributed by atoms with van der Waals surface area (Å²) in [4.78, 5) is 4.12. The van der Waals surface area contributed by atoms with Gasteiger partial charge in [0, 0.05) is 0 Å². The number of nitrogens with zero attached hydrogens (tertiary/aromatic N) is 3. The smallest absolute Gasteiger partial charge is 0.221 e. The van der Waals surface area contributed by atoms with E-state index in [0.29, 0.717) is 24.1 Å². The van der Waals surface area contributed by atoms with E-state index in [9.17, 15) is 0 Å². The Kier molecular flexibility index (Phi) is 5.22. The monoisotopic (exact) mass is 350 g/mol. The highest BCUT2D eigenvalue weighted by Gasteiger charge is 2.06. The molecular formula is C20H22N4O2. The van der Waals surface area contributed by atoms with Crippen LogP contribution < -0.4 is 15.2 Å². The molecule has 0 aliphatic carbocycles. The van der Waals surface area contributed by atoms with Crippen molar-refractivity contribution < 1.29 is 9.47 Å². The van der Waals surface area contributed by atoms with Gasteiger partial charge in [0.15, 0.2) is 11.5 Å². The van der Waals surface area contributed by atoms with E-state index in [1.54, 1.807) is 19.5 Å². The molecular weight excluding hydrogens is 328 g/mol. The van der Waals surface area contributed by atoms with Crippen LogP contribution in [0.25, 0.3) is 0 Å². The maximum atomic E-state index is 5.94. The van der Waals surface area contributed by atoms with Crippen LogP contribution in [0, 0.1) is 13.8 Å². The third-order valence-corrected chi connectivity index (χ3v) is 3.87. The largest absolute Gasteiger partial charge is 0.493 e. The van der Waals surface area contributed by atoms with E-state index in [1.807, 2.05) is 25.1 Å². The summed E-state index contributed by atoms with van der Waals surface area (Å²) in [6.45, 7) is 4.39. The summed E-state index contributed by atoms with van der Waals surface area (Å²) in [5.41, 5.74) is 9.80. The van der Waals surface area contributed by atoms with Gasteiger partial charge in [0.25, 0.3) is 0 Å². The van der Waals surface area contributed by atoms with E-state index in [-0.39, 0.29) is 0 Å². The highest BCUT2D eigenvalue weighted by Crippen LogP contribution is 2.28. The summed E-state index contributed by atoms with van der Waals surface area (Å²) in [7, 11) is 1.62. The van der Waals surface area contributed by atoms with Crippen molar-refractivity contribution in [2.24, 2.45) is 5.10 Å². The van der Waals surface area contributed by atoms with Gasteiger partial charge >= 0.3 is 0 Å². The summed E-state index contributed by atoms with van der Waals surface area (Å²) >= 11 is 0. The number of nitrogen functional groups attached to an aromatic ring is 1. The first-order valence-corrected chi connectivity index (χ1v) is 8.27. The van der Waals surface area contributed by atoms with Crippen molar-refractivity contribution in [3.8, 4) is 11.5 Å². The quantitative estimate of drug-likeness (QED) is 0.690. The van der Waals surface area contributed by atoms with E-state index in [1.165, 1.54) is 10.2 Å². The summed E-state index contributed by atoms with van der Waals surface area (Å²) in [5.74, 6) is 1.68. The molecule has 2 N–H and O–H groups in total. The standard InChI is InChI=1S/C20H22N4O2/c1-14-4-6-16(7-5-14)13-26-19-10-17(8-9-18(19)25-3)11-22-24-12-15(2)23-20(24)21/h4-12H,13H2,1-3H3,(H2,21,23). The fraction of sp³-hybridized carbons (Fsp3) is 0.200. The molecule has 0 unspecified atom stereocenters. The molecule has 134 valence electrons. The third kappa shape index (κ3) is 4.22. The van der Waals surface area contributed by atoms with Crippen molar-refractivity contribution in [2.45, 2.75) is 20.5 Å². The maximum Gasteiger partial charge on any atom is 0.221 e. The van der Waals surface area contributed by atoms with Gasteiger partial charge in [-0.1, -0.05) is 29.8 Å². The minimum atomic E-state index is 0.350. The van der Waals surface area contributed by atoms with Gasteiger partial charge in [0.05, 0.1) is 25.2 Å². The number of anilines is 1. The first-order chi connectivity index (χ1) is 12.5. The number of methoxy groups -OCH3 is 1. The van der Waals surface area contributed by atoms with E-state index in [4.69, 9.17) is 15.2 Å². The minimum absolute atomic E-state index is 0.350. The number of hydrogen-bond acceptors (Lipinski definition) is 5. The van der Waals surface area contributed by atoms with Crippen molar-refractivity contribution in [2.75, 3.05) is 12.8 Å². The van der Waals surface area contributed by atoms with Crippen molar-refractivity contribution in [1.29, 1.82) is 0 Å². The van der Waals surface area contributed by atoms with Crippen LogP contribution >= 0.6 is 0 Å². The summed E-state index contributed by atoms with van der Waals surface area (Å²) in [5, 5.41) is 4.33. The predicted molar refractivity (Wildman–Crippen MR) is 103 cm³/mol. The Hall–Kier alpha value is -3.28. The van der Waals surface area contributed by atoms with Crippen LogP contribution in [0.15, 0.2) is 53.8 Å². The van der Waals surface area contributed by atoms with Crippen LogP contribution in [0.4, 0.5) is 5.95 Å². The molecule has 0 spiro atoms. The fourth-order valence-corrected chi connectivity index (χ4v) is 2.46. The van der Waals surface area contributed by atoms with E-state index < -0.39 is 0 Å². The van der Waals surface area contributed by atoms with Gasteiger partial charge in [-0.05, 0) is 43.2 Å². The fourth-order valence-electron chi connectivity index (χ4n) is 2.46. The molecule has 0 fully saturated rings. The predicted octanol–water partition coefficient (Wildman–Crippen LogP) is 3.55. The first-order valence-electron chi connectivity index (χ1n) is 8.27. The number of nitrogens with two attached hydrogens (primary N) is 1. The summed E-state index contributed by atoms with van der Waals surface area (Å²) < 4.78 is 12.9. The Morgan fingerprint density at radius 2 is 1.88 bits per heavy atom. The van der Waals surface area contributed by atoms with Gasteiger partial charge in [-0.3, -0.25) is 0 Å². The highest BCUT2D eigenvalue weighted by molar-refractivity contribution is 5.81. The van der Waals surface area contributed by atoms with Crippen molar-refractivity contribution in [3.05, 3.63) is 71.0 Å². The second-order valence-electron chi connectivity index (χ2n) is 6.01. The molecule has 3 aromatic rings. The maximum absolute atomic E-state index is 5.94. The van der Waals surface area contributed by atoms with Crippen LogP contribution in [-0.4, -0.2) is 23.0 Å². The Morgan fingerprint density at radius 1 is 1.12 bits per heavy atom. The second-order valence-corrected chi connectivity index (χ2v) is 6.01. The lowest BCUT2D eigenvalue weighted by Gasteiger charge is -2.11. The Morgan fingerprint density at radius 3 is 2.54 bits per heavy atom. The summed E-state index contributed by atoms with van der Waals surface area (Å²) in [6.07, 6.45) is 3.47. The molecule has 6 nitrogen and oxygen atoms in total. The molecule has 6 heteroatoms. The van der Waals surface area contributed by atoms with Gasteiger partial charge < -0.3 is 15.2 Å². The Labute approximate surface area is 152 Å². The van der Waals surface area contributed by atoms with Gasteiger partial charge in [-0.15, -0.1) is 0 Å². The molecule has 0 atom stereocenters. The molecule has 1 heterocycles. The average molecular weight is 350 g/mol. The zero-order valence-corrected chi connectivity index (χ0v) is 15.1. The minimum Gasteiger partial charge on any atom is -0.493 e. The number of rotatable bonds is 6. The highest BCUT2D eigenvalue weighted by atomic mass is 16.5. The molecule has 26 heavy (non-hydrogen) atoms. The van der Waals surface area contributed by atoms with Gasteiger partial charge in [-0.25, -0.2) is 9.66 Å². The van der Waals surface area contributed by atoms with Gasteiger partial charge in [0.2, 0.25) is 5.95 Å².